The van der Waals surface area contributed by atoms with Crippen molar-refractivity contribution < 1.29 is 21.2 Å². The molecule has 0 aromatic rings. The van der Waals surface area contributed by atoms with Gasteiger partial charge in [0.15, 0.2) is 0 Å². The summed E-state index contributed by atoms with van der Waals surface area (Å²) in [6, 6.07) is 0.914. The maximum Gasteiger partial charge on any atom is 0.317 e. The maximum absolute atomic E-state index is 6.50. The minimum atomic E-state index is -2.31. The molecule has 22 heavy (non-hydrogen) atoms. The summed E-state index contributed by atoms with van der Waals surface area (Å²) in [5.74, 6) is 0. The van der Waals surface area contributed by atoms with Crippen molar-refractivity contribution in [3.05, 3.63) is 0 Å². The van der Waals surface area contributed by atoms with Crippen molar-refractivity contribution in [1.82, 2.24) is 0 Å². The van der Waals surface area contributed by atoms with Gasteiger partial charge in [-0.05, 0) is 58.3 Å². The fraction of sp³-hybridized carbons (Fsp3) is 1.00. The van der Waals surface area contributed by atoms with E-state index >= 15 is 0 Å². The van der Waals surface area contributed by atoms with Crippen LogP contribution in [-0.2, 0) is 21.2 Å². The Labute approximate surface area is 148 Å². The second kappa shape index (κ2) is 8.02. The third-order valence-corrected chi connectivity index (χ3v) is 19.9. The molecule has 5 nitrogen and oxygen atoms in total. The van der Waals surface area contributed by atoms with Gasteiger partial charge in [-0.25, -0.2) is 0 Å². The van der Waals surface area contributed by atoms with Crippen molar-refractivity contribution in [2.75, 3.05) is 18.5 Å². The van der Waals surface area contributed by atoms with E-state index in [2.05, 4.69) is 61.8 Å². The van der Waals surface area contributed by atoms with Crippen molar-refractivity contribution in [3.8, 4) is 0 Å². The zero-order chi connectivity index (χ0) is 17.1. The summed E-state index contributed by atoms with van der Waals surface area (Å²) >= 11 is 3.36. The van der Waals surface area contributed by atoms with Crippen LogP contribution in [-0.4, -0.2) is 52.8 Å². The number of hydrogen-bond donors (Lipinski definition) is 0. The van der Waals surface area contributed by atoms with E-state index in [-0.39, 0.29) is 0 Å². The first-order valence-electron chi connectivity index (χ1n) is 7.83. The Kier molecular flexibility index (Phi) is 7.72. The lowest BCUT2D eigenvalue weighted by atomic mass is 10.5. The average molecular weight is 448 g/mol. The lowest BCUT2D eigenvalue weighted by molar-refractivity contribution is 0.148. The molecule has 0 bridgehead atoms. The zero-order valence-corrected chi connectivity index (χ0v) is 20.5. The van der Waals surface area contributed by atoms with E-state index in [9.17, 15) is 0 Å². The van der Waals surface area contributed by atoms with Gasteiger partial charge < -0.3 is 21.2 Å². The molecule has 0 aromatic heterocycles. The highest BCUT2D eigenvalue weighted by Gasteiger charge is 2.52. The van der Waals surface area contributed by atoms with Crippen LogP contribution >= 0.6 is 15.9 Å². The fourth-order valence-corrected chi connectivity index (χ4v) is 24.8. The molecule has 1 rings (SSSR count). The molecule has 0 radical (unpaired) electrons. The molecule has 0 aromatic carbocycles. The van der Waals surface area contributed by atoms with Crippen LogP contribution in [0.2, 0.25) is 51.9 Å². The number of alkyl halides is 1. The molecule has 0 N–H and O–H groups in total. The van der Waals surface area contributed by atoms with Gasteiger partial charge in [0.05, 0.1) is 6.61 Å². The van der Waals surface area contributed by atoms with E-state index in [0.29, 0.717) is 0 Å². The third kappa shape index (κ3) is 7.81. The lowest BCUT2D eigenvalue weighted by Gasteiger charge is -2.47. The van der Waals surface area contributed by atoms with Gasteiger partial charge in [-0.2, -0.15) is 0 Å². The standard InChI is InChI=1S/C12H31BrO5Si4/c1-19(2)15-20(3,4)17-22(7,18-21(5,6)16-19)12-8-10-14-11-9-13/h8-12H2,1-7H3. The van der Waals surface area contributed by atoms with Crippen molar-refractivity contribution in [2.24, 2.45) is 0 Å². The topological polar surface area (TPSA) is 46.2 Å². The Morgan fingerprint density at radius 3 is 1.64 bits per heavy atom. The maximum atomic E-state index is 6.50. The molecular weight excluding hydrogens is 416 g/mol. The van der Waals surface area contributed by atoms with Crippen molar-refractivity contribution in [2.45, 2.75) is 58.3 Å². The van der Waals surface area contributed by atoms with Crippen LogP contribution in [0.1, 0.15) is 6.42 Å². The predicted octanol–water partition coefficient (Wildman–Crippen LogP) is 4.05. The molecule has 132 valence electrons. The summed E-state index contributed by atoms with van der Waals surface area (Å²) in [5, 5.41) is 0.871. The Morgan fingerprint density at radius 2 is 1.18 bits per heavy atom. The van der Waals surface area contributed by atoms with Crippen molar-refractivity contribution in [1.29, 1.82) is 0 Å². The second-order valence-corrected chi connectivity index (χ2v) is 22.4. The predicted molar refractivity (Wildman–Crippen MR) is 102 cm³/mol. The lowest BCUT2D eigenvalue weighted by Crippen LogP contribution is -2.65. The van der Waals surface area contributed by atoms with Crippen LogP contribution in [0.25, 0.3) is 0 Å². The van der Waals surface area contributed by atoms with Crippen molar-refractivity contribution >= 4 is 50.2 Å². The first-order valence-corrected chi connectivity index (χ1v) is 19.9. The van der Waals surface area contributed by atoms with Gasteiger partial charge in [0, 0.05) is 11.9 Å². The first kappa shape index (κ1) is 21.2. The van der Waals surface area contributed by atoms with E-state index < -0.39 is 34.2 Å². The summed E-state index contributed by atoms with van der Waals surface area (Å²) in [6.45, 7) is 16.2. The number of ether oxygens (including phenoxy) is 1. The van der Waals surface area contributed by atoms with Crippen LogP contribution in [0.3, 0.4) is 0 Å². The molecular formula is C12H31BrO5Si4. The minimum absolute atomic E-state index is 0.743. The largest absolute Gasteiger partial charge is 0.416 e. The molecule has 0 aliphatic carbocycles. The van der Waals surface area contributed by atoms with Gasteiger partial charge >= 0.3 is 34.2 Å². The van der Waals surface area contributed by atoms with Crippen molar-refractivity contribution in [3.63, 3.8) is 0 Å². The molecule has 1 heterocycles. The van der Waals surface area contributed by atoms with Crippen LogP contribution in [0, 0.1) is 0 Å². The van der Waals surface area contributed by atoms with E-state index in [0.717, 1.165) is 31.0 Å². The van der Waals surface area contributed by atoms with Crippen LogP contribution in [0.15, 0.2) is 0 Å². The first-order chi connectivity index (χ1) is 9.89. The highest BCUT2D eigenvalue weighted by Crippen LogP contribution is 2.32. The zero-order valence-electron chi connectivity index (χ0n) is 15.0. The number of rotatable bonds is 6. The Balaban J connectivity index is 2.75. The summed E-state index contributed by atoms with van der Waals surface area (Å²) in [7, 11) is -8.97. The highest BCUT2D eigenvalue weighted by molar-refractivity contribution is 9.09. The molecule has 1 aliphatic rings. The van der Waals surface area contributed by atoms with Crippen LogP contribution in [0.5, 0.6) is 0 Å². The van der Waals surface area contributed by atoms with Gasteiger partial charge in [0.25, 0.3) is 0 Å². The normalized spacial score (nSPS) is 26.2. The molecule has 1 aliphatic heterocycles. The Morgan fingerprint density at radius 1 is 0.727 bits per heavy atom. The molecule has 0 spiro atoms. The summed E-state index contributed by atoms with van der Waals surface area (Å²) < 4.78 is 31.2. The highest BCUT2D eigenvalue weighted by atomic mass is 79.9. The van der Waals surface area contributed by atoms with Gasteiger partial charge in [-0.3, -0.25) is 0 Å². The molecule has 1 fully saturated rings. The SMILES string of the molecule is C[Si]1(C)O[Si](C)(C)O[Si](C)(CCCOCCBr)O[Si](C)(C)O1. The van der Waals surface area contributed by atoms with Gasteiger partial charge in [-0.15, -0.1) is 0 Å². The molecule has 0 atom stereocenters. The average Bonchev–Trinajstić information content (AvgIpc) is 2.21. The van der Waals surface area contributed by atoms with E-state index in [1.807, 2.05) is 0 Å². The third-order valence-electron chi connectivity index (χ3n) is 3.05. The summed E-state index contributed by atoms with van der Waals surface area (Å²) in [5.41, 5.74) is 0. The number of hydrogen-bond acceptors (Lipinski definition) is 5. The molecule has 0 unspecified atom stereocenters. The van der Waals surface area contributed by atoms with Crippen LogP contribution in [0.4, 0.5) is 0 Å². The molecule has 10 heteroatoms. The van der Waals surface area contributed by atoms with Gasteiger partial charge in [-0.1, -0.05) is 15.9 Å². The Bertz CT molecular complexity index is 345. The van der Waals surface area contributed by atoms with Crippen LogP contribution < -0.4 is 0 Å². The quantitative estimate of drug-likeness (QED) is 0.349. The summed E-state index contributed by atoms with van der Waals surface area (Å²) in [6.07, 6.45) is 0.950. The Hall–Kier alpha value is 1.15. The minimum Gasteiger partial charge on any atom is -0.416 e. The molecule has 0 amide bonds. The monoisotopic (exact) mass is 446 g/mol. The van der Waals surface area contributed by atoms with E-state index in [1.54, 1.807) is 0 Å². The molecule has 0 saturated carbocycles. The van der Waals surface area contributed by atoms with Gasteiger partial charge in [0.1, 0.15) is 0 Å². The second-order valence-electron chi connectivity index (χ2n) is 7.15. The summed E-state index contributed by atoms with van der Waals surface area (Å²) in [4.78, 5) is 0. The van der Waals surface area contributed by atoms with E-state index in [4.69, 9.17) is 21.2 Å². The van der Waals surface area contributed by atoms with Gasteiger partial charge in [0.2, 0.25) is 0 Å². The number of halogens is 1. The smallest absolute Gasteiger partial charge is 0.317 e. The van der Waals surface area contributed by atoms with E-state index in [1.165, 1.54) is 0 Å². The fourth-order valence-electron chi connectivity index (χ4n) is 3.06. The molecule has 1 saturated heterocycles.